The molecule has 0 amide bonds. The largest absolute Gasteiger partial charge is 0.272 e. The van der Waals surface area contributed by atoms with Crippen LogP contribution in [-0.2, 0) is 0 Å². The quantitative estimate of drug-likeness (QED) is 0.378. The van der Waals surface area contributed by atoms with Gasteiger partial charge in [-0.05, 0) is 68.6 Å². The molecular weight excluding hydrogens is 285 g/mol. The first-order chi connectivity index (χ1) is 10.3. The molecule has 1 aliphatic rings. The highest BCUT2D eigenvalue weighted by molar-refractivity contribution is 7.66. The van der Waals surface area contributed by atoms with Gasteiger partial charge in [0.2, 0.25) is 0 Å². The molecule has 22 heavy (non-hydrogen) atoms. The van der Waals surface area contributed by atoms with E-state index in [0.29, 0.717) is 0 Å². The van der Waals surface area contributed by atoms with Crippen LogP contribution < -0.4 is 0 Å². The number of nitrogens with zero attached hydrogens (tertiary/aromatic N) is 1. The molecule has 0 N–H and O–H groups in total. The van der Waals surface area contributed by atoms with Gasteiger partial charge in [-0.1, -0.05) is 53.7 Å². The molecule has 1 rings (SSSR count). The standard InChI is InChI=1S/C20H38NP/c1-17(2)11-14-22(15-12-18(3)4,16-13-19(5)6)21-20-9-7-8-10-20/h7-9,17-19H,10-16H2,1-6H3. The summed E-state index contributed by atoms with van der Waals surface area (Å²) in [7, 11) is -1.19. The Kier molecular flexibility index (Phi) is 8.77. The van der Waals surface area contributed by atoms with Crippen LogP contribution in [0.1, 0.15) is 67.2 Å². The molecule has 1 aliphatic carbocycles. The monoisotopic (exact) mass is 323 g/mol. The molecule has 0 spiro atoms. The van der Waals surface area contributed by atoms with Gasteiger partial charge < -0.3 is 0 Å². The molecule has 0 saturated carbocycles. The minimum Gasteiger partial charge on any atom is -0.272 e. The highest BCUT2D eigenvalue weighted by atomic mass is 31.2. The lowest BCUT2D eigenvalue weighted by Gasteiger charge is -2.28. The van der Waals surface area contributed by atoms with E-state index in [2.05, 4.69) is 59.8 Å². The van der Waals surface area contributed by atoms with Crippen LogP contribution in [0.3, 0.4) is 0 Å². The molecule has 128 valence electrons. The zero-order chi connectivity index (χ0) is 16.6. The van der Waals surface area contributed by atoms with Gasteiger partial charge in [-0.25, -0.2) is 0 Å². The predicted molar refractivity (Wildman–Crippen MR) is 104 cm³/mol. The van der Waals surface area contributed by atoms with Crippen LogP contribution in [0.25, 0.3) is 0 Å². The number of allylic oxidation sites excluding steroid dienone is 3. The molecule has 2 heteroatoms. The summed E-state index contributed by atoms with van der Waals surface area (Å²) in [5, 5.41) is 0. The van der Waals surface area contributed by atoms with Crippen LogP contribution >= 0.6 is 7.05 Å². The number of rotatable bonds is 10. The van der Waals surface area contributed by atoms with Gasteiger partial charge in [0, 0.05) is 12.1 Å². The van der Waals surface area contributed by atoms with E-state index in [1.54, 1.807) is 0 Å². The van der Waals surface area contributed by atoms with Crippen molar-refractivity contribution >= 4 is 7.05 Å². The van der Waals surface area contributed by atoms with Crippen LogP contribution in [0.15, 0.2) is 28.7 Å². The smallest absolute Gasteiger partial charge is 0.0425 e. The first-order valence-electron chi connectivity index (χ1n) is 9.28. The van der Waals surface area contributed by atoms with Gasteiger partial charge in [-0.3, -0.25) is 4.74 Å². The number of hydrogen-bond donors (Lipinski definition) is 0. The predicted octanol–water partition coefficient (Wildman–Crippen LogP) is 7.17. The Balaban J connectivity index is 2.97. The van der Waals surface area contributed by atoms with Gasteiger partial charge >= 0.3 is 0 Å². The lowest BCUT2D eigenvalue weighted by Crippen LogP contribution is -2.08. The summed E-state index contributed by atoms with van der Waals surface area (Å²) in [6.45, 7) is 14.1. The van der Waals surface area contributed by atoms with Gasteiger partial charge in [0.05, 0.1) is 0 Å². The Morgan fingerprint density at radius 2 is 1.32 bits per heavy atom. The first-order valence-corrected chi connectivity index (χ1v) is 11.6. The van der Waals surface area contributed by atoms with Crippen molar-refractivity contribution in [3.05, 3.63) is 23.9 Å². The van der Waals surface area contributed by atoms with Crippen molar-refractivity contribution in [2.24, 2.45) is 22.5 Å². The Morgan fingerprint density at radius 1 is 0.864 bits per heavy atom. The minimum atomic E-state index is -1.19. The summed E-state index contributed by atoms with van der Waals surface area (Å²) in [5.74, 6) is 2.38. The zero-order valence-corrected chi connectivity index (χ0v) is 16.7. The summed E-state index contributed by atoms with van der Waals surface area (Å²) in [6.07, 6.45) is 15.9. The summed E-state index contributed by atoms with van der Waals surface area (Å²) < 4.78 is 5.43. The van der Waals surface area contributed by atoms with E-state index in [9.17, 15) is 0 Å². The molecule has 1 nitrogen and oxygen atoms in total. The van der Waals surface area contributed by atoms with Crippen LogP contribution in [0, 0.1) is 17.8 Å². The highest BCUT2D eigenvalue weighted by Gasteiger charge is 2.22. The van der Waals surface area contributed by atoms with Crippen LogP contribution in [0.5, 0.6) is 0 Å². The van der Waals surface area contributed by atoms with Gasteiger partial charge in [0.15, 0.2) is 0 Å². The van der Waals surface area contributed by atoms with E-state index >= 15 is 0 Å². The average Bonchev–Trinajstić information content (AvgIpc) is 2.93. The van der Waals surface area contributed by atoms with Gasteiger partial charge in [0.1, 0.15) is 0 Å². The molecule has 0 aromatic rings. The van der Waals surface area contributed by atoms with E-state index in [1.165, 1.54) is 43.4 Å². The number of hydrogen-bond acceptors (Lipinski definition) is 1. The molecule has 0 aromatic heterocycles. The maximum atomic E-state index is 5.43. The average molecular weight is 324 g/mol. The lowest BCUT2D eigenvalue weighted by atomic mass is 10.2. The van der Waals surface area contributed by atoms with Crippen molar-refractivity contribution in [1.82, 2.24) is 0 Å². The van der Waals surface area contributed by atoms with Crippen molar-refractivity contribution < 1.29 is 0 Å². The normalized spacial score (nSPS) is 15.2. The second-order valence-corrected chi connectivity index (χ2v) is 11.9. The van der Waals surface area contributed by atoms with E-state index in [0.717, 1.165) is 24.2 Å². The third-order valence-corrected chi connectivity index (χ3v) is 8.41. The maximum Gasteiger partial charge on any atom is 0.0425 e. The Hall–Kier alpha value is -0.290. The second-order valence-electron chi connectivity index (χ2n) is 8.20. The third-order valence-electron chi connectivity index (χ3n) is 4.46. The molecule has 0 radical (unpaired) electrons. The molecule has 0 aromatic carbocycles. The van der Waals surface area contributed by atoms with Crippen molar-refractivity contribution in [3.63, 3.8) is 0 Å². The second kappa shape index (κ2) is 9.76. The molecular formula is C20H38NP. The van der Waals surface area contributed by atoms with E-state index in [1.807, 2.05) is 0 Å². The van der Waals surface area contributed by atoms with E-state index < -0.39 is 7.05 Å². The molecule has 0 bridgehead atoms. The van der Waals surface area contributed by atoms with Crippen molar-refractivity contribution in [2.75, 3.05) is 18.5 Å². The molecule has 0 aliphatic heterocycles. The summed E-state index contributed by atoms with van der Waals surface area (Å²) in [4.78, 5) is 0. The zero-order valence-electron chi connectivity index (χ0n) is 15.8. The summed E-state index contributed by atoms with van der Waals surface area (Å²) >= 11 is 0. The van der Waals surface area contributed by atoms with Gasteiger partial charge in [-0.15, -0.1) is 0 Å². The van der Waals surface area contributed by atoms with Crippen LogP contribution in [0.2, 0.25) is 0 Å². The fraction of sp³-hybridized carbons (Fsp3) is 0.800. The fourth-order valence-electron chi connectivity index (χ4n) is 2.76. The maximum absolute atomic E-state index is 5.43. The molecule has 0 fully saturated rings. The summed E-state index contributed by atoms with van der Waals surface area (Å²) in [5.41, 5.74) is 1.35. The SMILES string of the molecule is CC(C)CCP(CCC(C)C)(CCC(C)C)=NC1=CC=CC1. The Bertz CT molecular complexity index is 389. The Morgan fingerprint density at radius 3 is 1.64 bits per heavy atom. The third kappa shape index (κ3) is 7.82. The topological polar surface area (TPSA) is 12.4 Å². The van der Waals surface area contributed by atoms with Crippen molar-refractivity contribution in [2.45, 2.75) is 67.2 Å². The molecule has 0 heterocycles. The molecule has 0 saturated heterocycles. The highest BCUT2D eigenvalue weighted by Crippen LogP contribution is 2.54. The first kappa shape index (κ1) is 19.8. The van der Waals surface area contributed by atoms with Gasteiger partial charge in [0.25, 0.3) is 0 Å². The van der Waals surface area contributed by atoms with Crippen molar-refractivity contribution in [3.8, 4) is 0 Å². The minimum absolute atomic E-state index is 0.795. The van der Waals surface area contributed by atoms with Crippen molar-refractivity contribution in [1.29, 1.82) is 0 Å². The molecule has 0 unspecified atom stereocenters. The Labute approximate surface area is 139 Å². The van der Waals surface area contributed by atoms with Crippen LogP contribution in [0.4, 0.5) is 0 Å². The fourth-order valence-corrected chi connectivity index (χ4v) is 7.42. The van der Waals surface area contributed by atoms with E-state index in [4.69, 9.17) is 4.74 Å². The van der Waals surface area contributed by atoms with Gasteiger partial charge in [-0.2, -0.15) is 0 Å². The van der Waals surface area contributed by atoms with E-state index in [-0.39, 0.29) is 0 Å². The molecule has 0 atom stereocenters. The summed E-state index contributed by atoms with van der Waals surface area (Å²) in [6, 6.07) is 0. The lowest BCUT2D eigenvalue weighted by molar-refractivity contribution is 0.606. The van der Waals surface area contributed by atoms with Crippen LogP contribution in [-0.4, -0.2) is 18.5 Å².